The second-order valence-corrected chi connectivity index (χ2v) is 3.78. The zero-order valence-corrected chi connectivity index (χ0v) is 8.19. The van der Waals surface area contributed by atoms with Gasteiger partial charge in [0.1, 0.15) is 5.82 Å². The monoisotopic (exact) mass is 208 g/mol. The summed E-state index contributed by atoms with van der Waals surface area (Å²) >= 11 is 0. The number of rotatable bonds is 4. The molecule has 1 heterocycles. The van der Waals surface area contributed by atoms with E-state index in [0.29, 0.717) is 11.7 Å². The number of aliphatic carboxylic acids is 1. The number of hydrogen-bond acceptors (Lipinski definition) is 3. The van der Waals surface area contributed by atoms with Gasteiger partial charge >= 0.3 is 5.97 Å². The number of carbonyl (C=O) groups is 1. The predicted octanol–water partition coefficient (Wildman–Crippen LogP) is 0.665. The zero-order chi connectivity index (χ0) is 10.8. The molecule has 1 fully saturated rings. The quantitative estimate of drug-likeness (QED) is 0.761. The molecule has 80 valence electrons. The normalized spacial score (nSPS) is 15.2. The van der Waals surface area contributed by atoms with E-state index in [2.05, 4.69) is 9.97 Å². The summed E-state index contributed by atoms with van der Waals surface area (Å²) in [5, 5.41) is 8.48. The van der Waals surface area contributed by atoms with Gasteiger partial charge < -0.3 is 10.1 Å². The van der Waals surface area contributed by atoms with Gasteiger partial charge in [-0.2, -0.15) is 0 Å². The van der Waals surface area contributed by atoms with Crippen LogP contribution < -0.4 is 5.56 Å². The Labute approximate surface area is 86.2 Å². The summed E-state index contributed by atoms with van der Waals surface area (Å²) in [7, 11) is 0. The Bertz CT molecular complexity index is 435. The van der Waals surface area contributed by atoms with Crippen molar-refractivity contribution in [2.24, 2.45) is 0 Å². The van der Waals surface area contributed by atoms with Crippen molar-refractivity contribution >= 4 is 5.97 Å². The van der Waals surface area contributed by atoms with Gasteiger partial charge in [-0.3, -0.25) is 9.59 Å². The third-order valence-electron chi connectivity index (χ3n) is 2.47. The van der Waals surface area contributed by atoms with E-state index in [-0.39, 0.29) is 18.4 Å². The van der Waals surface area contributed by atoms with Crippen LogP contribution in [0.2, 0.25) is 0 Å². The lowest BCUT2D eigenvalue weighted by Gasteiger charge is -2.00. The highest BCUT2D eigenvalue weighted by Crippen LogP contribution is 2.37. The smallest absolute Gasteiger partial charge is 0.303 e. The molecule has 0 saturated heterocycles. The Balaban J connectivity index is 2.11. The lowest BCUT2D eigenvalue weighted by molar-refractivity contribution is -0.137. The molecule has 1 aromatic rings. The van der Waals surface area contributed by atoms with Crippen LogP contribution in [0, 0.1) is 0 Å². The molecule has 1 aliphatic carbocycles. The summed E-state index contributed by atoms with van der Waals surface area (Å²) in [5.41, 5.74) is 0.613. The van der Waals surface area contributed by atoms with Crippen molar-refractivity contribution in [2.75, 3.05) is 0 Å². The third kappa shape index (κ3) is 2.43. The molecule has 0 aromatic carbocycles. The summed E-state index contributed by atoms with van der Waals surface area (Å²) in [4.78, 5) is 28.5. The molecule has 1 aliphatic rings. The molecule has 1 saturated carbocycles. The van der Waals surface area contributed by atoms with Crippen LogP contribution in [0.3, 0.4) is 0 Å². The lowest BCUT2D eigenvalue weighted by atomic mass is 10.2. The summed E-state index contributed by atoms with van der Waals surface area (Å²) < 4.78 is 0. The summed E-state index contributed by atoms with van der Waals surface area (Å²) in [6.07, 6.45) is 3.95. The van der Waals surface area contributed by atoms with Crippen LogP contribution in [0.5, 0.6) is 0 Å². The average Bonchev–Trinajstić information content (AvgIpc) is 2.98. The van der Waals surface area contributed by atoms with E-state index in [9.17, 15) is 9.59 Å². The van der Waals surface area contributed by atoms with Crippen LogP contribution in [-0.4, -0.2) is 21.0 Å². The maximum absolute atomic E-state index is 11.5. The molecule has 5 heteroatoms. The number of carboxylic acid groups (broad SMARTS) is 1. The summed E-state index contributed by atoms with van der Waals surface area (Å²) in [6, 6.07) is 0. The first-order valence-corrected chi connectivity index (χ1v) is 4.96. The van der Waals surface area contributed by atoms with E-state index in [1.807, 2.05) is 0 Å². The van der Waals surface area contributed by atoms with Gasteiger partial charge in [-0.25, -0.2) is 4.98 Å². The van der Waals surface area contributed by atoms with Gasteiger partial charge in [0.2, 0.25) is 0 Å². The van der Waals surface area contributed by atoms with Crippen LogP contribution in [0.4, 0.5) is 0 Å². The van der Waals surface area contributed by atoms with Crippen LogP contribution in [-0.2, 0) is 11.2 Å². The molecule has 0 amide bonds. The molecule has 2 N–H and O–H groups in total. The molecule has 0 atom stereocenters. The molecule has 0 aliphatic heterocycles. The fraction of sp³-hybridized carbons (Fsp3) is 0.500. The first-order valence-electron chi connectivity index (χ1n) is 4.96. The van der Waals surface area contributed by atoms with Gasteiger partial charge in [0, 0.05) is 18.2 Å². The van der Waals surface area contributed by atoms with E-state index in [1.54, 1.807) is 6.20 Å². The Kier molecular flexibility index (Phi) is 2.53. The van der Waals surface area contributed by atoms with E-state index < -0.39 is 5.97 Å². The van der Waals surface area contributed by atoms with Gasteiger partial charge in [0.15, 0.2) is 0 Å². The molecule has 15 heavy (non-hydrogen) atoms. The van der Waals surface area contributed by atoms with E-state index in [0.717, 1.165) is 18.4 Å². The van der Waals surface area contributed by atoms with Crippen LogP contribution in [0.25, 0.3) is 0 Å². The van der Waals surface area contributed by atoms with Crippen LogP contribution >= 0.6 is 0 Å². The fourth-order valence-electron chi connectivity index (χ4n) is 1.48. The number of H-pyrrole nitrogens is 1. The highest BCUT2D eigenvalue weighted by Gasteiger charge is 2.26. The number of nitrogens with one attached hydrogen (secondary N) is 1. The molecule has 2 rings (SSSR count). The molecular formula is C10H12N2O3. The average molecular weight is 208 g/mol. The Morgan fingerprint density at radius 1 is 1.60 bits per heavy atom. The van der Waals surface area contributed by atoms with Crippen molar-refractivity contribution in [1.82, 2.24) is 9.97 Å². The van der Waals surface area contributed by atoms with Crippen molar-refractivity contribution < 1.29 is 9.90 Å². The molecule has 0 bridgehead atoms. The number of aromatic amines is 1. The molecular weight excluding hydrogens is 196 g/mol. The van der Waals surface area contributed by atoms with Gasteiger partial charge in [0.25, 0.3) is 5.56 Å². The van der Waals surface area contributed by atoms with Gasteiger partial charge in [-0.05, 0) is 18.8 Å². The van der Waals surface area contributed by atoms with Crippen molar-refractivity contribution in [1.29, 1.82) is 0 Å². The maximum atomic E-state index is 11.5. The van der Waals surface area contributed by atoms with Gasteiger partial charge in [0.05, 0.1) is 6.42 Å². The molecule has 0 radical (unpaired) electrons. The Morgan fingerprint density at radius 2 is 2.33 bits per heavy atom. The summed E-state index contributed by atoms with van der Waals surface area (Å²) in [5.74, 6) is -0.0644. The van der Waals surface area contributed by atoms with Crippen LogP contribution in [0.1, 0.15) is 36.6 Å². The minimum absolute atomic E-state index is 0.00822. The lowest BCUT2D eigenvalue weighted by Crippen LogP contribution is -2.16. The third-order valence-corrected chi connectivity index (χ3v) is 2.47. The fourth-order valence-corrected chi connectivity index (χ4v) is 1.48. The van der Waals surface area contributed by atoms with E-state index >= 15 is 0 Å². The van der Waals surface area contributed by atoms with Crippen molar-refractivity contribution in [3.05, 3.63) is 27.9 Å². The van der Waals surface area contributed by atoms with Crippen molar-refractivity contribution in [2.45, 2.75) is 31.6 Å². The Morgan fingerprint density at radius 3 is 2.87 bits per heavy atom. The minimum atomic E-state index is -0.885. The second-order valence-electron chi connectivity index (χ2n) is 3.78. The molecule has 0 spiro atoms. The van der Waals surface area contributed by atoms with Gasteiger partial charge in [-0.1, -0.05) is 0 Å². The zero-order valence-electron chi connectivity index (χ0n) is 8.19. The number of aryl methyl sites for hydroxylation is 1. The number of aromatic nitrogens is 2. The summed E-state index contributed by atoms with van der Waals surface area (Å²) in [6.45, 7) is 0. The van der Waals surface area contributed by atoms with E-state index in [1.165, 1.54) is 0 Å². The first-order chi connectivity index (χ1) is 7.16. The topological polar surface area (TPSA) is 83.0 Å². The number of carboxylic acids is 1. The number of hydrogen-bond donors (Lipinski definition) is 2. The highest BCUT2D eigenvalue weighted by molar-refractivity contribution is 5.66. The van der Waals surface area contributed by atoms with Crippen molar-refractivity contribution in [3.8, 4) is 0 Å². The molecule has 0 unspecified atom stereocenters. The minimum Gasteiger partial charge on any atom is -0.481 e. The first kappa shape index (κ1) is 9.89. The standard InChI is InChI=1S/C10H12N2O3/c13-9(14)4-3-8-11-5-7(6-1-2-6)10(15)12-8/h5-6H,1-4H2,(H,13,14)(H,11,12,15). The van der Waals surface area contributed by atoms with E-state index in [4.69, 9.17) is 5.11 Å². The Hall–Kier alpha value is -1.65. The molecule has 1 aromatic heterocycles. The maximum Gasteiger partial charge on any atom is 0.303 e. The van der Waals surface area contributed by atoms with Crippen molar-refractivity contribution in [3.63, 3.8) is 0 Å². The van der Waals surface area contributed by atoms with Crippen LogP contribution in [0.15, 0.2) is 11.0 Å². The highest BCUT2D eigenvalue weighted by atomic mass is 16.4. The largest absolute Gasteiger partial charge is 0.481 e. The van der Waals surface area contributed by atoms with Gasteiger partial charge in [-0.15, -0.1) is 0 Å². The SMILES string of the molecule is O=C(O)CCc1ncc(C2CC2)c(=O)[nH]1. The predicted molar refractivity (Wildman–Crippen MR) is 52.8 cm³/mol. The second kappa shape index (κ2) is 3.84. The molecule has 5 nitrogen and oxygen atoms in total. The number of nitrogens with zero attached hydrogens (tertiary/aromatic N) is 1.